The minimum absolute atomic E-state index is 0.0128. The quantitative estimate of drug-likeness (QED) is 0.835. The highest BCUT2D eigenvalue weighted by Gasteiger charge is 2.47. The number of nitrogens with zero attached hydrogens (tertiary/aromatic N) is 4. The number of carbonyl (C=O) groups is 1. The highest BCUT2D eigenvalue weighted by molar-refractivity contribution is 5.93. The molecule has 2 unspecified atom stereocenters. The zero-order valence-electron chi connectivity index (χ0n) is 14.6. The molecule has 1 amide bonds. The SMILES string of the molecule is O=C(c1ccnnc1)N1CCC2OCCCC2(COc2ccccn2)C1. The molecule has 7 nitrogen and oxygen atoms in total. The van der Waals surface area contributed by atoms with Crippen LogP contribution < -0.4 is 4.74 Å². The van der Waals surface area contributed by atoms with E-state index < -0.39 is 0 Å². The molecule has 0 aromatic carbocycles. The van der Waals surface area contributed by atoms with Gasteiger partial charge in [0, 0.05) is 37.4 Å². The van der Waals surface area contributed by atoms with Crippen molar-refractivity contribution in [2.75, 3.05) is 26.3 Å². The third-order valence-electron chi connectivity index (χ3n) is 5.25. The number of ether oxygens (including phenoxy) is 2. The van der Waals surface area contributed by atoms with Gasteiger partial charge in [0.2, 0.25) is 5.88 Å². The molecule has 7 heteroatoms. The van der Waals surface area contributed by atoms with Gasteiger partial charge in [-0.05, 0) is 31.4 Å². The Labute approximate surface area is 152 Å². The van der Waals surface area contributed by atoms with Crippen LogP contribution >= 0.6 is 0 Å². The standard InChI is InChI=1S/C19H22N4O3/c24-18(15-5-9-21-22-12-15)23-10-6-16-19(13-23,7-3-11-25-16)14-26-17-4-1-2-8-20-17/h1-2,4-5,8-9,12,16H,3,6-7,10-11,13-14H2. The Morgan fingerprint density at radius 3 is 3.08 bits per heavy atom. The number of aromatic nitrogens is 3. The van der Waals surface area contributed by atoms with Gasteiger partial charge in [-0.3, -0.25) is 4.79 Å². The average Bonchev–Trinajstić information content (AvgIpc) is 2.73. The zero-order chi connectivity index (χ0) is 17.8. The molecule has 2 aliphatic rings. The zero-order valence-corrected chi connectivity index (χ0v) is 14.6. The monoisotopic (exact) mass is 354 g/mol. The van der Waals surface area contributed by atoms with E-state index in [1.165, 1.54) is 6.20 Å². The van der Waals surface area contributed by atoms with Crippen LogP contribution in [0.2, 0.25) is 0 Å². The summed E-state index contributed by atoms with van der Waals surface area (Å²) in [4.78, 5) is 19.0. The second-order valence-electron chi connectivity index (χ2n) is 6.93. The van der Waals surface area contributed by atoms with Gasteiger partial charge >= 0.3 is 0 Å². The normalized spacial score (nSPS) is 25.4. The van der Waals surface area contributed by atoms with E-state index in [0.717, 1.165) is 25.9 Å². The molecule has 2 aromatic heterocycles. The van der Waals surface area contributed by atoms with Crippen molar-refractivity contribution in [3.63, 3.8) is 0 Å². The first-order valence-electron chi connectivity index (χ1n) is 8.98. The topological polar surface area (TPSA) is 77.4 Å². The van der Waals surface area contributed by atoms with Crippen LogP contribution in [0.5, 0.6) is 5.88 Å². The number of rotatable bonds is 4. The number of likely N-dealkylation sites (tertiary alicyclic amines) is 1. The summed E-state index contributed by atoms with van der Waals surface area (Å²) in [5.41, 5.74) is 0.361. The number of amides is 1. The third-order valence-corrected chi connectivity index (χ3v) is 5.25. The lowest BCUT2D eigenvalue weighted by molar-refractivity contribution is -0.133. The van der Waals surface area contributed by atoms with E-state index in [2.05, 4.69) is 15.2 Å². The predicted octanol–water partition coefficient (Wildman–Crippen LogP) is 1.96. The molecule has 2 aromatic rings. The molecular weight excluding hydrogens is 332 g/mol. The van der Waals surface area contributed by atoms with Crippen LogP contribution in [0.1, 0.15) is 29.6 Å². The predicted molar refractivity (Wildman–Crippen MR) is 93.7 cm³/mol. The highest BCUT2D eigenvalue weighted by atomic mass is 16.5. The smallest absolute Gasteiger partial charge is 0.255 e. The molecule has 0 N–H and O–H groups in total. The van der Waals surface area contributed by atoms with Crippen molar-refractivity contribution in [3.8, 4) is 5.88 Å². The van der Waals surface area contributed by atoms with Crippen LogP contribution in [0.15, 0.2) is 42.9 Å². The molecule has 0 radical (unpaired) electrons. The van der Waals surface area contributed by atoms with Crippen LogP contribution in [0.4, 0.5) is 0 Å². The van der Waals surface area contributed by atoms with E-state index >= 15 is 0 Å². The molecule has 26 heavy (non-hydrogen) atoms. The van der Waals surface area contributed by atoms with Gasteiger partial charge in [0.1, 0.15) is 0 Å². The van der Waals surface area contributed by atoms with Crippen LogP contribution in [0.3, 0.4) is 0 Å². The van der Waals surface area contributed by atoms with Crippen LogP contribution in [0, 0.1) is 5.41 Å². The number of piperidine rings is 1. The lowest BCUT2D eigenvalue weighted by Crippen LogP contribution is -2.58. The Bertz CT molecular complexity index is 743. The maximum atomic E-state index is 12.9. The second kappa shape index (κ2) is 7.37. The number of pyridine rings is 1. The van der Waals surface area contributed by atoms with Crippen molar-refractivity contribution in [1.82, 2.24) is 20.1 Å². The first-order valence-corrected chi connectivity index (χ1v) is 8.98. The summed E-state index contributed by atoms with van der Waals surface area (Å²) < 4.78 is 12.0. The van der Waals surface area contributed by atoms with Gasteiger partial charge in [0.15, 0.2) is 0 Å². The fraction of sp³-hybridized carbons (Fsp3) is 0.474. The van der Waals surface area contributed by atoms with Crippen LogP contribution in [-0.4, -0.2) is 58.4 Å². The first kappa shape index (κ1) is 16.9. The number of fused-ring (bicyclic) bond motifs is 1. The maximum absolute atomic E-state index is 12.9. The fourth-order valence-corrected chi connectivity index (χ4v) is 3.92. The van der Waals surface area contributed by atoms with Crippen molar-refractivity contribution in [2.24, 2.45) is 5.41 Å². The van der Waals surface area contributed by atoms with E-state index in [4.69, 9.17) is 9.47 Å². The molecule has 0 aliphatic carbocycles. The molecule has 2 fully saturated rings. The van der Waals surface area contributed by atoms with Crippen molar-refractivity contribution in [1.29, 1.82) is 0 Å². The molecule has 136 valence electrons. The van der Waals surface area contributed by atoms with E-state index in [1.807, 2.05) is 23.1 Å². The van der Waals surface area contributed by atoms with Gasteiger partial charge in [-0.25, -0.2) is 4.98 Å². The third kappa shape index (κ3) is 3.39. The Hall–Kier alpha value is -2.54. The van der Waals surface area contributed by atoms with Crippen molar-refractivity contribution >= 4 is 5.91 Å². The summed E-state index contributed by atoms with van der Waals surface area (Å²) in [6.07, 6.45) is 7.65. The molecular formula is C19H22N4O3. The summed E-state index contributed by atoms with van der Waals surface area (Å²) >= 11 is 0. The van der Waals surface area contributed by atoms with Gasteiger partial charge in [-0.2, -0.15) is 10.2 Å². The summed E-state index contributed by atoms with van der Waals surface area (Å²) in [7, 11) is 0. The van der Waals surface area contributed by atoms with Gasteiger partial charge in [0.25, 0.3) is 5.91 Å². The highest BCUT2D eigenvalue weighted by Crippen LogP contribution is 2.40. The Morgan fingerprint density at radius 2 is 2.27 bits per heavy atom. The van der Waals surface area contributed by atoms with E-state index in [9.17, 15) is 4.79 Å². The second-order valence-corrected chi connectivity index (χ2v) is 6.93. The lowest BCUT2D eigenvalue weighted by atomic mass is 9.73. The van der Waals surface area contributed by atoms with Crippen LogP contribution in [0.25, 0.3) is 0 Å². The van der Waals surface area contributed by atoms with Gasteiger partial charge < -0.3 is 14.4 Å². The van der Waals surface area contributed by atoms with Crippen molar-refractivity contribution < 1.29 is 14.3 Å². The largest absolute Gasteiger partial charge is 0.477 e. The molecule has 2 atom stereocenters. The minimum atomic E-state index is -0.204. The molecule has 0 saturated carbocycles. The maximum Gasteiger partial charge on any atom is 0.255 e. The Balaban J connectivity index is 1.52. The van der Waals surface area contributed by atoms with Gasteiger partial charge in [-0.1, -0.05) is 6.07 Å². The molecule has 0 bridgehead atoms. The average molecular weight is 354 g/mol. The molecule has 2 aliphatic heterocycles. The number of carbonyl (C=O) groups excluding carboxylic acids is 1. The fourth-order valence-electron chi connectivity index (χ4n) is 3.92. The summed E-state index contributed by atoms with van der Waals surface area (Å²) in [6.45, 7) is 2.56. The molecule has 4 rings (SSSR count). The van der Waals surface area contributed by atoms with E-state index in [-0.39, 0.29) is 17.4 Å². The van der Waals surface area contributed by atoms with Gasteiger partial charge in [-0.15, -0.1) is 0 Å². The molecule has 2 saturated heterocycles. The summed E-state index contributed by atoms with van der Waals surface area (Å²) in [5, 5.41) is 7.57. The van der Waals surface area contributed by atoms with E-state index in [0.29, 0.717) is 31.1 Å². The Kier molecular flexibility index (Phi) is 4.79. The van der Waals surface area contributed by atoms with Crippen molar-refractivity contribution in [2.45, 2.75) is 25.4 Å². The summed E-state index contributed by atoms with van der Waals surface area (Å²) in [5.74, 6) is 0.592. The Morgan fingerprint density at radius 1 is 1.31 bits per heavy atom. The number of hydrogen-bond acceptors (Lipinski definition) is 6. The van der Waals surface area contributed by atoms with Crippen molar-refractivity contribution in [3.05, 3.63) is 48.4 Å². The number of hydrogen-bond donors (Lipinski definition) is 0. The first-order chi connectivity index (χ1) is 12.8. The van der Waals surface area contributed by atoms with Crippen LogP contribution in [-0.2, 0) is 4.74 Å². The van der Waals surface area contributed by atoms with Gasteiger partial charge in [0.05, 0.1) is 30.7 Å². The molecule has 4 heterocycles. The lowest BCUT2D eigenvalue weighted by Gasteiger charge is -2.50. The molecule has 0 spiro atoms. The van der Waals surface area contributed by atoms with E-state index in [1.54, 1.807) is 18.5 Å². The minimum Gasteiger partial charge on any atom is -0.477 e. The summed E-state index contributed by atoms with van der Waals surface area (Å²) in [6, 6.07) is 7.32.